The second-order valence-corrected chi connectivity index (χ2v) is 4.16. The minimum Gasteiger partial charge on any atom is -0.477 e. The highest BCUT2D eigenvalue weighted by Gasteiger charge is 2.26. The lowest BCUT2D eigenvalue weighted by Gasteiger charge is -2.23. The second-order valence-electron chi connectivity index (χ2n) is 4.16. The van der Waals surface area contributed by atoms with Crippen LogP contribution in [0.1, 0.15) is 35.4 Å². The number of carboxylic acids is 1. The monoisotopic (exact) mass is 222 g/mol. The van der Waals surface area contributed by atoms with Gasteiger partial charge >= 0.3 is 5.97 Å². The van der Waals surface area contributed by atoms with Gasteiger partial charge < -0.3 is 15.4 Å². The summed E-state index contributed by atoms with van der Waals surface area (Å²) in [6.45, 7) is 1.76. The fraction of sp³-hybridized carbons (Fsp3) is 0.455. The van der Waals surface area contributed by atoms with Crippen LogP contribution in [0, 0.1) is 12.8 Å². The minimum absolute atomic E-state index is 0.0465. The lowest BCUT2D eigenvalue weighted by Crippen LogP contribution is -2.28. The summed E-state index contributed by atoms with van der Waals surface area (Å²) in [7, 11) is 0. The number of aromatic nitrogens is 1. The molecule has 1 aliphatic carbocycles. The van der Waals surface area contributed by atoms with Crippen LogP contribution in [0.15, 0.2) is 6.07 Å². The summed E-state index contributed by atoms with van der Waals surface area (Å²) in [5, 5.41) is 11.6. The summed E-state index contributed by atoms with van der Waals surface area (Å²) in [4.78, 5) is 25.3. The molecule has 1 aromatic rings. The first kappa shape index (κ1) is 10.7. The van der Waals surface area contributed by atoms with E-state index in [1.165, 1.54) is 0 Å². The second kappa shape index (κ2) is 4.00. The van der Waals surface area contributed by atoms with E-state index in [4.69, 9.17) is 5.11 Å². The Balaban J connectivity index is 2.13. The molecule has 1 amide bonds. The number of rotatable bonds is 3. The SMILES string of the molecule is Cc1cc(NC(=O)C2CCC2)c(C(=O)O)[nH]1. The van der Waals surface area contributed by atoms with Gasteiger partial charge in [-0.1, -0.05) is 6.42 Å². The van der Waals surface area contributed by atoms with Crippen LogP contribution in [0.4, 0.5) is 5.69 Å². The van der Waals surface area contributed by atoms with Crippen LogP contribution >= 0.6 is 0 Å². The van der Waals surface area contributed by atoms with Gasteiger partial charge in [0.1, 0.15) is 5.69 Å². The number of nitrogens with one attached hydrogen (secondary N) is 2. The molecule has 1 aliphatic rings. The first-order valence-corrected chi connectivity index (χ1v) is 5.31. The first-order valence-electron chi connectivity index (χ1n) is 5.31. The predicted octanol–water partition coefficient (Wildman–Crippen LogP) is 1.76. The molecule has 16 heavy (non-hydrogen) atoms. The fourth-order valence-electron chi connectivity index (χ4n) is 1.76. The number of aromatic carboxylic acids is 1. The van der Waals surface area contributed by atoms with Gasteiger partial charge in [0.2, 0.25) is 5.91 Å². The van der Waals surface area contributed by atoms with Crippen LogP contribution in [0.25, 0.3) is 0 Å². The van der Waals surface area contributed by atoms with E-state index < -0.39 is 5.97 Å². The van der Waals surface area contributed by atoms with E-state index in [-0.39, 0.29) is 17.5 Å². The van der Waals surface area contributed by atoms with E-state index in [1.54, 1.807) is 13.0 Å². The summed E-state index contributed by atoms with van der Waals surface area (Å²) in [5.41, 5.74) is 1.13. The normalized spacial score (nSPS) is 15.6. The van der Waals surface area contributed by atoms with Crippen molar-refractivity contribution in [3.63, 3.8) is 0 Å². The summed E-state index contributed by atoms with van der Waals surface area (Å²) >= 11 is 0. The number of hydrogen-bond acceptors (Lipinski definition) is 2. The van der Waals surface area contributed by atoms with Gasteiger partial charge in [-0.2, -0.15) is 0 Å². The molecule has 86 valence electrons. The molecule has 3 N–H and O–H groups in total. The predicted molar refractivity (Wildman–Crippen MR) is 58.5 cm³/mol. The number of amides is 1. The Hall–Kier alpha value is -1.78. The van der Waals surface area contributed by atoms with Crippen LogP contribution in [0.3, 0.4) is 0 Å². The van der Waals surface area contributed by atoms with Gasteiger partial charge in [0.15, 0.2) is 0 Å². The number of anilines is 1. The molecule has 1 saturated carbocycles. The van der Waals surface area contributed by atoms with Crippen molar-refractivity contribution in [1.82, 2.24) is 4.98 Å². The number of carboxylic acid groups (broad SMARTS) is 1. The number of carbonyl (C=O) groups excluding carboxylic acids is 1. The zero-order valence-corrected chi connectivity index (χ0v) is 9.04. The van der Waals surface area contributed by atoms with Crippen molar-refractivity contribution in [2.24, 2.45) is 5.92 Å². The van der Waals surface area contributed by atoms with E-state index in [0.717, 1.165) is 25.0 Å². The maximum atomic E-state index is 11.7. The maximum Gasteiger partial charge on any atom is 0.354 e. The van der Waals surface area contributed by atoms with Crippen molar-refractivity contribution in [2.45, 2.75) is 26.2 Å². The molecule has 1 aromatic heterocycles. The number of hydrogen-bond donors (Lipinski definition) is 3. The van der Waals surface area contributed by atoms with Crippen LogP contribution in [0.5, 0.6) is 0 Å². The van der Waals surface area contributed by atoms with Gasteiger partial charge in [-0.05, 0) is 25.8 Å². The van der Waals surface area contributed by atoms with Crippen molar-refractivity contribution in [2.75, 3.05) is 5.32 Å². The molecular weight excluding hydrogens is 208 g/mol. The fourth-order valence-corrected chi connectivity index (χ4v) is 1.76. The van der Waals surface area contributed by atoms with Crippen LogP contribution in [-0.2, 0) is 4.79 Å². The van der Waals surface area contributed by atoms with Crippen LogP contribution < -0.4 is 5.32 Å². The minimum atomic E-state index is -1.06. The molecule has 0 spiro atoms. The highest BCUT2D eigenvalue weighted by atomic mass is 16.4. The molecule has 0 aliphatic heterocycles. The van der Waals surface area contributed by atoms with Crippen molar-refractivity contribution >= 4 is 17.6 Å². The third kappa shape index (κ3) is 1.93. The zero-order chi connectivity index (χ0) is 11.7. The van der Waals surface area contributed by atoms with Gasteiger partial charge in [-0.15, -0.1) is 0 Å². The number of H-pyrrole nitrogens is 1. The van der Waals surface area contributed by atoms with Gasteiger partial charge in [-0.3, -0.25) is 4.79 Å². The van der Waals surface area contributed by atoms with Crippen molar-refractivity contribution in [3.05, 3.63) is 17.5 Å². The molecule has 5 heteroatoms. The summed E-state index contributed by atoms with van der Waals surface area (Å²) in [6.07, 6.45) is 2.88. The number of aromatic amines is 1. The quantitative estimate of drug-likeness (QED) is 0.728. The Bertz CT molecular complexity index is 432. The third-order valence-corrected chi connectivity index (χ3v) is 2.90. The van der Waals surface area contributed by atoms with Crippen molar-refractivity contribution in [1.29, 1.82) is 0 Å². The number of carbonyl (C=O) groups is 2. The van der Waals surface area contributed by atoms with Crippen molar-refractivity contribution < 1.29 is 14.7 Å². The van der Waals surface area contributed by atoms with E-state index in [0.29, 0.717) is 5.69 Å². The molecule has 0 unspecified atom stereocenters. The molecule has 0 aromatic carbocycles. The Morgan fingerprint density at radius 3 is 2.69 bits per heavy atom. The van der Waals surface area contributed by atoms with Gasteiger partial charge in [0, 0.05) is 11.6 Å². The number of aryl methyl sites for hydroxylation is 1. The first-order chi connectivity index (χ1) is 7.58. The Morgan fingerprint density at radius 2 is 2.19 bits per heavy atom. The lowest BCUT2D eigenvalue weighted by atomic mass is 9.85. The van der Waals surface area contributed by atoms with Gasteiger partial charge in [0.05, 0.1) is 5.69 Å². The highest BCUT2D eigenvalue weighted by molar-refractivity contribution is 6.00. The molecule has 1 heterocycles. The molecule has 5 nitrogen and oxygen atoms in total. The topological polar surface area (TPSA) is 82.2 Å². The van der Waals surface area contributed by atoms with Gasteiger partial charge in [-0.25, -0.2) is 4.79 Å². The third-order valence-electron chi connectivity index (χ3n) is 2.90. The molecular formula is C11H14N2O3. The standard InChI is InChI=1S/C11H14N2O3/c1-6-5-8(9(12-6)11(15)16)13-10(14)7-3-2-4-7/h5,7,12H,2-4H2,1H3,(H,13,14)(H,15,16). The largest absolute Gasteiger partial charge is 0.477 e. The average Bonchev–Trinajstić information content (AvgIpc) is 2.43. The molecule has 0 atom stereocenters. The molecule has 0 saturated heterocycles. The van der Waals surface area contributed by atoms with E-state index in [1.807, 2.05) is 0 Å². The molecule has 0 radical (unpaired) electrons. The van der Waals surface area contributed by atoms with Gasteiger partial charge in [0.25, 0.3) is 0 Å². The highest BCUT2D eigenvalue weighted by Crippen LogP contribution is 2.28. The van der Waals surface area contributed by atoms with E-state index in [9.17, 15) is 9.59 Å². The Morgan fingerprint density at radius 1 is 1.50 bits per heavy atom. The summed E-state index contributed by atoms with van der Waals surface area (Å²) < 4.78 is 0. The summed E-state index contributed by atoms with van der Waals surface area (Å²) in [6, 6.07) is 1.64. The maximum absolute atomic E-state index is 11.7. The Labute approximate surface area is 92.9 Å². The van der Waals surface area contributed by atoms with Crippen LogP contribution in [0.2, 0.25) is 0 Å². The molecule has 2 rings (SSSR count). The zero-order valence-electron chi connectivity index (χ0n) is 9.04. The van der Waals surface area contributed by atoms with Crippen LogP contribution in [-0.4, -0.2) is 22.0 Å². The lowest BCUT2D eigenvalue weighted by molar-refractivity contribution is -0.122. The molecule has 1 fully saturated rings. The van der Waals surface area contributed by atoms with Crippen molar-refractivity contribution in [3.8, 4) is 0 Å². The molecule has 0 bridgehead atoms. The van der Waals surface area contributed by atoms with E-state index >= 15 is 0 Å². The van der Waals surface area contributed by atoms with E-state index in [2.05, 4.69) is 10.3 Å². The Kier molecular flexibility index (Phi) is 2.68. The summed E-state index contributed by atoms with van der Waals surface area (Å²) in [5.74, 6) is -1.08. The average molecular weight is 222 g/mol. The smallest absolute Gasteiger partial charge is 0.354 e.